The van der Waals surface area contributed by atoms with Crippen molar-refractivity contribution >= 4 is 70.9 Å². The van der Waals surface area contributed by atoms with Crippen molar-refractivity contribution < 1.29 is 62.5 Å². The highest BCUT2D eigenvalue weighted by Crippen LogP contribution is 2.34. The van der Waals surface area contributed by atoms with Gasteiger partial charge in [0.2, 0.25) is 76.4 Å². The molecule has 0 aliphatic heterocycles. The van der Waals surface area contributed by atoms with Crippen LogP contribution < -0.4 is 63.8 Å². The molecule has 0 aromatic heterocycles. The predicted molar refractivity (Wildman–Crippen MR) is 438 cm³/mol. The van der Waals surface area contributed by atoms with Crippen LogP contribution in [0, 0.1) is 10.1 Å². The smallest absolute Gasteiger partial charge is 0.223 e. The standard InChI is InChI=1S/C67H114N40O14/c68-98-86-43-1-34-77-52(108)10-22-64(23-11-53(109)78-35-2-44-87-99-69,24-12-54(110)79-36-3-45-88-100-70)95-61(117)19-31-67(107(120)121,32-20-62(118)96-65(25-13-55(111)80-37-4-46-89-101-71,26-14-56(112)81-38-5-47-90-102-72)27-15-57(113)82-39-6-48-91-103-73)33-21-63(119)97-66(28-16-58(114)83-40-7-49-92-104-74,29-17-59(115)84-41-8-50-93-105-75)30-18-60(116)85-42-9-51-94-106-76/h1-51H2,(H,77,108)(H,78,109)(H,79,110)(H,80,111)(H,81,112)(H,82,113)(H,83,114)(H,84,115)(H,85,116)(H,95,117)(H,96,118)(H,97,119). The second kappa shape index (κ2) is 69.9. The first-order valence-electron chi connectivity index (χ1n) is 39.9. The number of nitro groups is 1. The molecule has 0 aliphatic carbocycles. The summed E-state index contributed by atoms with van der Waals surface area (Å²) in [7, 11) is 0. The zero-order chi connectivity index (χ0) is 89.8. The largest absolute Gasteiger partial charge is 0.356 e. The number of hydrogen-bond donors (Lipinski definition) is 12. The topological polar surface area (TPSA) is 831 Å². The molecule has 0 radical (unpaired) electrons. The Kier molecular flexibility index (Phi) is 62.3. The van der Waals surface area contributed by atoms with Gasteiger partial charge in [0.1, 0.15) is 0 Å². The Labute approximate surface area is 696 Å². The normalized spacial score (nSPS) is 12.2. The minimum Gasteiger partial charge on any atom is -0.356 e. The van der Waals surface area contributed by atoms with Crippen LogP contribution in [-0.4, -0.2) is 216 Å². The Morgan fingerprint density at radius 1 is 0.223 bits per heavy atom. The molecule has 54 nitrogen and oxygen atoms in total. The predicted octanol–water partition coefficient (Wildman–Crippen LogP) is 8.28. The molecule has 666 valence electrons. The molecule has 0 rings (SSSR count). The van der Waals surface area contributed by atoms with Crippen LogP contribution in [0.25, 0.3) is 94.0 Å². The highest BCUT2D eigenvalue weighted by molar-refractivity contribution is 5.83. The lowest BCUT2D eigenvalue weighted by molar-refractivity contribution is -0.573. The van der Waals surface area contributed by atoms with Crippen LogP contribution in [0.4, 0.5) is 0 Å². The number of amides is 12. The summed E-state index contributed by atoms with van der Waals surface area (Å²) in [6.07, 6.45) is -8.87. The van der Waals surface area contributed by atoms with Crippen molar-refractivity contribution in [1.82, 2.24) is 63.8 Å². The van der Waals surface area contributed by atoms with Gasteiger partial charge in [-0.3, -0.25) is 67.6 Å². The lowest BCUT2D eigenvalue weighted by Gasteiger charge is -2.36. The van der Waals surface area contributed by atoms with Gasteiger partial charge in [0.15, 0.2) is 0 Å². The third kappa shape index (κ3) is 57.5. The maximum absolute atomic E-state index is 15.1. The fourth-order valence-electron chi connectivity index (χ4n) is 12.2. The molecule has 0 aromatic rings. The molecule has 0 aliphatic rings. The van der Waals surface area contributed by atoms with Crippen molar-refractivity contribution in [1.29, 1.82) is 0 Å². The van der Waals surface area contributed by atoms with Gasteiger partial charge < -0.3 is 63.8 Å². The fraction of sp³-hybridized carbons (Fsp3) is 0.821. The summed E-state index contributed by atoms with van der Waals surface area (Å²) < 4.78 is 0. The minimum atomic E-state index is -2.53. The molecule has 0 spiro atoms. The highest BCUT2D eigenvalue weighted by atomic mass is 16.6. The Morgan fingerprint density at radius 2 is 0.347 bits per heavy atom. The van der Waals surface area contributed by atoms with E-state index in [0.717, 1.165) is 0 Å². The van der Waals surface area contributed by atoms with E-state index in [1.807, 2.05) is 0 Å². The second-order valence-corrected chi connectivity index (χ2v) is 27.9. The summed E-state index contributed by atoms with van der Waals surface area (Å²) in [5.74, 6) is -8.16. The molecular weight excluding hydrogens is 1590 g/mol. The fourth-order valence-corrected chi connectivity index (χ4v) is 12.2. The maximum atomic E-state index is 15.1. The Morgan fingerprint density at radius 3 is 0.463 bits per heavy atom. The van der Waals surface area contributed by atoms with Gasteiger partial charge in [-0.25, -0.2) is 0 Å². The lowest BCUT2D eigenvalue weighted by Crippen LogP contribution is -2.52. The summed E-state index contributed by atoms with van der Waals surface area (Å²) in [4.78, 5) is 206. The number of azide groups is 9. The van der Waals surface area contributed by atoms with E-state index in [4.69, 9.17) is 49.8 Å². The van der Waals surface area contributed by atoms with E-state index >= 15 is 14.4 Å². The van der Waals surface area contributed by atoms with Crippen molar-refractivity contribution in [2.24, 2.45) is 46.0 Å². The van der Waals surface area contributed by atoms with Crippen molar-refractivity contribution in [2.75, 3.05) is 118 Å². The van der Waals surface area contributed by atoms with Crippen molar-refractivity contribution in [3.63, 3.8) is 0 Å². The molecule has 0 bridgehead atoms. The Balaban J connectivity index is 8.87. The van der Waals surface area contributed by atoms with E-state index in [2.05, 4.69) is 154 Å². The van der Waals surface area contributed by atoms with Gasteiger partial charge in [-0.05, 0) is 165 Å². The Bertz CT molecular complexity index is 3080. The molecule has 121 heavy (non-hydrogen) atoms. The van der Waals surface area contributed by atoms with Gasteiger partial charge in [0, 0.05) is 280 Å². The summed E-state index contributed by atoms with van der Waals surface area (Å²) >= 11 is 0. The zero-order valence-electron chi connectivity index (χ0n) is 68.3. The van der Waals surface area contributed by atoms with E-state index < -0.39 is 136 Å². The number of nitrogens with zero attached hydrogens (tertiary/aromatic N) is 28. The lowest BCUT2D eigenvalue weighted by atomic mass is 9.80. The van der Waals surface area contributed by atoms with Crippen LogP contribution in [-0.2, 0) is 57.5 Å². The Hall–Kier alpha value is -13.2. The van der Waals surface area contributed by atoms with E-state index in [0.29, 0.717) is 0 Å². The minimum absolute atomic E-state index is 0.0190. The summed E-state index contributed by atoms with van der Waals surface area (Å²) in [6, 6.07) is 0. The van der Waals surface area contributed by atoms with Crippen LogP contribution in [0.2, 0.25) is 0 Å². The zero-order valence-corrected chi connectivity index (χ0v) is 68.3. The number of nitrogens with one attached hydrogen (secondary N) is 12. The molecule has 54 heteroatoms. The third-order valence-corrected chi connectivity index (χ3v) is 18.9. The number of hydrogen-bond acceptors (Lipinski definition) is 23. The number of carbonyl (C=O) groups excluding carboxylic acids is 12. The van der Waals surface area contributed by atoms with Crippen LogP contribution in [0.15, 0.2) is 46.0 Å². The van der Waals surface area contributed by atoms with Gasteiger partial charge in [-0.2, -0.15) is 0 Å². The maximum Gasteiger partial charge on any atom is 0.223 e. The molecule has 12 amide bonds. The molecular formula is C67H114N40O14. The van der Waals surface area contributed by atoms with Gasteiger partial charge in [-0.1, -0.05) is 46.0 Å². The highest BCUT2D eigenvalue weighted by Gasteiger charge is 2.46. The van der Waals surface area contributed by atoms with Crippen molar-refractivity contribution in [3.8, 4) is 0 Å². The second-order valence-electron chi connectivity index (χ2n) is 27.9. The van der Waals surface area contributed by atoms with Crippen LogP contribution >= 0.6 is 0 Å². The average Bonchev–Trinajstić information content (AvgIpc) is 0.823. The molecule has 0 aromatic carbocycles. The first kappa shape index (κ1) is 108. The molecule has 0 saturated carbocycles. The summed E-state index contributed by atoms with van der Waals surface area (Å²) in [5, 5.41) is 78.4. The van der Waals surface area contributed by atoms with Crippen LogP contribution in [0.3, 0.4) is 0 Å². The van der Waals surface area contributed by atoms with E-state index in [9.17, 15) is 53.3 Å². The SMILES string of the molecule is [N-]=[N+]=NCCCNC(=O)CCC(CCC(=O)NCCCN=[N+]=[N-])(CCC(=O)NCCCN=[N+]=[N-])NC(=O)CCC(CCC(=O)NC(CCC(=O)NCCCN=[N+]=[N-])(CCC(=O)NCCCN=[N+]=[N-])CCC(=O)NCCCN=[N+]=[N-])(CCC(=O)NC(CCC(=O)NCCCN=[N+]=[N-])(CCC(=O)NCCCN=[N+]=[N-])CCC(=O)NCCCN=[N+]=[N-])[N+](=O)[O-]. The van der Waals surface area contributed by atoms with E-state index in [1.165, 1.54) is 0 Å². The quantitative estimate of drug-likeness (QED) is 0.00681. The van der Waals surface area contributed by atoms with Gasteiger partial charge in [0.25, 0.3) is 0 Å². The first-order valence-corrected chi connectivity index (χ1v) is 39.9. The molecule has 0 unspecified atom stereocenters. The van der Waals surface area contributed by atoms with Crippen LogP contribution in [0.1, 0.15) is 212 Å². The van der Waals surface area contributed by atoms with E-state index in [-0.39, 0.29) is 291 Å². The van der Waals surface area contributed by atoms with E-state index in [1.54, 1.807) is 0 Å². The van der Waals surface area contributed by atoms with Crippen LogP contribution in [0.5, 0.6) is 0 Å². The molecule has 0 heterocycles. The summed E-state index contributed by atoms with van der Waals surface area (Å²) in [5.41, 5.74) is 71.7. The molecule has 0 atom stereocenters. The van der Waals surface area contributed by atoms with Crippen molar-refractivity contribution in [2.45, 2.75) is 234 Å². The molecule has 12 N–H and O–H groups in total. The van der Waals surface area contributed by atoms with Gasteiger partial charge in [0.05, 0.1) is 0 Å². The molecule has 0 saturated heterocycles. The number of carbonyl (C=O) groups is 12. The number of rotatable bonds is 76. The third-order valence-electron chi connectivity index (χ3n) is 18.9. The summed E-state index contributed by atoms with van der Waals surface area (Å²) in [6.45, 7) is 0.467. The average molecular weight is 1700 g/mol. The van der Waals surface area contributed by atoms with Crippen molar-refractivity contribution in [3.05, 3.63) is 104 Å². The monoisotopic (exact) mass is 1700 g/mol. The first-order chi connectivity index (χ1) is 58.3. The van der Waals surface area contributed by atoms with Gasteiger partial charge >= 0.3 is 0 Å². The molecule has 0 fully saturated rings. The van der Waals surface area contributed by atoms with Gasteiger partial charge in [-0.15, -0.1) is 0 Å².